The molecule has 1 saturated heterocycles. The Labute approximate surface area is 199 Å². The Morgan fingerprint density at radius 1 is 1.17 bits per heavy atom. The highest BCUT2D eigenvalue weighted by Crippen LogP contribution is 2.41. The number of piperazine rings is 1. The number of aromatic nitrogens is 5. The van der Waals surface area contributed by atoms with Gasteiger partial charge in [-0.2, -0.15) is 27.7 Å². The normalized spacial score (nSPS) is 17.9. The van der Waals surface area contributed by atoms with E-state index >= 15 is 0 Å². The fourth-order valence-electron chi connectivity index (χ4n) is 4.28. The second-order valence-corrected chi connectivity index (χ2v) is 10.7. The molecule has 0 unspecified atom stereocenters. The van der Waals surface area contributed by atoms with Crippen LogP contribution < -0.4 is 0 Å². The molecule has 188 valence electrons. The van der Waals surface area contributed by atoms with Gasteiger partial charge >= 0.3 is 6.18 Å². The highest BCUT2D eigenvalue weighted by molar-refractivity contribution is 7.89. The minimum absolute atomic E-state index is 0.0330. The molecule has 14 heteroatoms. The standard InChI is InChI=1S/C21H24F3N7O3S/c1-3-29-12-17(13(2)27-29)35(33,34)30-8-6-28(7-9-30)20(32)15-11-25-31-18(21(22,23)24)10-16(14-4-5-14)26-19(15)31/h10-12,14H,3-9H2,1-2H3. The summed E-state index contributed by atoms with van der Waals surface area (Å²) in [5, 5.41) is 8.00. The second kappa shape index (κ2) is 8.29. The van der Waals surface area contributed by atoms with Gasteiger partial charge < -0.3 is 4.90 Å². The first-order valence-corrected chi connectivity index (χ1v) is 12.7. The number of hydrogen-bond acceptors (Lipinski definition) is 6. The van der Waals surface area contributed by atoms with Crippen LogP contribution >= 0.6 is 0 Å². The number of hydrogen-bond donors (Lipinski definition) is 0. The molecule has 0 aromatic carbocycles. The lowest BCUT2D eigenvalue weighted by Crippen LogP contribution is -2.50. The van der Waals surface area contributed by atoms with Crippen molar-refractivity contribution in [3.05, 3.63) is 41.1 Å². The zero-order chi connectivity index (χ0) is 25.1. The van der Waals surface area contributed by atoms with Gasteiger partial charge in [-0.05, 0) is 32.8 Å². The van der Waals surface area contributed by atoms with Crippen LogP contribution in [0.15, 0.2) is 23.4 Å². The van der Waals surface area contributed by atoms with Gasteiger partial charge in [-0.25, -0.2) is 17.9 Å². The van der Waals surface area contributed by atoms with E-state index in [0.717, 1.165) is 25.1 Å². The molecule has 35 heavy (non-hydrogen) atoms. The maximum atomic E-state index is 13.6. The van der Waals surface area contributed by atoms with E-state index in [9.17, 15) is 26.4 Å². The average Bonchev–Trinajstić information content (AvgIpc) is 3.47. The van der Waals surface area contributed by atoms with Crippen LogP contribution in [0.3, 0.4) is 0 Å². The lowest BCUT2D eigenvalue weighted by molar-refractivity contribution is -0.142. The van der Waals surface area contributed by atoms with E-state index in [1.54, 1.807) is 11.6 Å². The molecular weight excluding hydrogens is 487 g/mol. The number of carbonyl (C=O) groups is 1. The summed E-state index contributed by atoms with van der Waals surface area (Å²) in [6, 6.07) is 0.998. The zero-order valence-electron chi connectivity index (χ0n) is 19.2. The van der Waals surface area contributed by atoms with E-state index in [-0.39, 0.29) is 48.2 Å². The van der Waals surface area contributed by atoms with Gasteiger partial charge in [0.1, 0.15) is 16.2 Å². The molecule has 3 aromatic heterocycles. The van der Waals surface area contributed by atoms with Gasteiger partial charge in [-0.1, -0.05) is 0 Å². The van der Waals surface area contributed by atoms with Crippen molar-refractivity contribution < 1.29 is 26.4 Å². The molecule has 2 aliphatic rings. The predicted octanol–water partition coefficient (Wildman–Crippen LogP) is 2.30. The number of amides is 1. The smallest absolute Gasteiger partial charge is 0.336 e. The Balaban J connectivity index is 1.38. The highest BCUT2D eigenvalue weighted by Gasteiger charge is 2.39. The van der Waals surface area contributed by atoms with Crippen LogP contribution in [0.1, 0.15) is 53.1 Å². The SMILES string of the molecule is CCn1cc(S(=O)(=O)N2CCN(C(=O)c3cnn4c(C(F)(F)F)cc(C5CC5)nc34)CC2)c(C)n1. The van der Waals surface area contributed by atoms with E-state index in [1.807, 2.05) is 6.92 Å². The number of nitrogens with zero attached hydrogens (tertiary/aromatic N) is 7. The molecule has 2 fully saturated rings. The van der Waals surface area contributed by atoms with Crippen LogP contribution in [0.4, 0.5) is 13.2 Å². The van der Waals surface area contributed by atoms with Gasteiger partial charge in [0.25, 0.3) is 5.91 Å². The van der Waals surface area contributed by atoms with Crippen LogP contribution in [0.25, 0.3) is 5.65 Å². The van der Waals surface area contributed by atoms with E-state index in [2.05, 4.69) is 15.2 Å². The van der Waals surface area contributed by atoms with E-state index in [4.69, 9.17) is 0 Å². The maximum Gasteiger partial charge on any atom is 0.433 e. The summed E-state index contributed by atoms with van der Waals surface area (Å²) >= 11 is 0. The Morgan fingerprint density at radius 2 is 1.86 bits per heavy atom. The van der Waals surface area contributed by atoms with Crippen LogP contribution in [0, 0.1) is 6.92 Å². The molecule has 1 aliphatic carbocycles. The van der Waals surface area contributed by atoms with Crippen molar-refractivity contribution >= 4 is 21.6 Å². The average molecular weight is 512 g/mol. The molecule has 4 heterocycles. The number of carbonyl (C=O) groups excluding carboxylic acids is 1. The number of halogens is 3. The summed E-state index contributed by atoms with van der Waals surface area (Å²) in [7, 11) is -3.79. The summed E-state index contributed by atoms with van der Waals surface area (Å²) in [6.07, 6.45) is -0.554. The number of fused-ring (bicyclic) bond motifs is 1. The van der Waals surface area contributed by atoms with Gasteiger partial charge in [-0.3, -0.25) is 9.48 Å². The molecule has 10 nitrogen and oxygen atoms in total. The number of aryl methyl sites for hydroxylation is 2. The Bertz CT molecular complexity index is 1400. The number of rotatable bonds is 5. The van der Waals surface area contributed by atoms with Crippen molar-refractivity contribution in [3.8, 4) is 0 Å². The fourth-order valence-corrected chi connectivity index (χ4v) is 5.87. The number of sulfonamides is 1. The Hall–Kier alpha value is -3.00. The first-order chi connectivity index (χ1) is 16.5. The Morgan fingerprint density at radius 3 is 2.43 bits per heavy atom. The van der Waals surface area contributed by atoms with Crippen LogP contribution in [-0.2, 0) is 22.7 Å². The van der Waals surface area contributed by atoms with Crippen molar-refractivity contribution in [3.63, 3.8) is 0 Å². The quantitative estimate of drug-likeness (QED) is 0.521. The zero-order valence-corrected chi connectivity index (χ0v) is 20.0. The summed E-state index contributed by atoms with van der Waals surface area (Å²) in [4.78, 5) is 19.1. The molecule has 1 amide bonds. The molecule has 0 bridgehead atoms. The molecule has 0 atom stereocenters. The van der Waals surface area contributed by atoms with Gasteiger partial charge in [0.05, 0.1) is 11.9 Å². The lowest BCUT2D eigenvalue weighted by atomic mass is 10.2. The molecule has 0 N–H and O–H groups in total. The van der Waals surface area contributed by atoms with Crippen LogP contribution in [0.5, 0.6) is 0 Å². The predicted molar refractivity (Wildman–Crippen MR) is 117 cm³/mol. The topological polar surface area (TPSA) is 106 Å². The third-order valence-corrected chi connectivity index (χ3v) is 8.38. The summed E-state index contributed by atoms with van der Waals surface area (Å²) in [5.74, 6) is -0.575. The van der Waals surface area contributed by atoms with Gasteiger partial charge in [0, 0.05) is 50.5 Å². The van der Waals surface area contributed by atoms with Crippen molar-refractivity contribution in [1.82, 2.24) is 33.6 Å². The van der Waals surface area contributed by atoms with Crippen LogP contribution in [0.2, 0.25) is 0 Å². The molecule has 1 aliphatic heterocycles. The van der Waals surface area contributed by atoms with Gasteiger partial charge in [0.15, 0.2) is 5.65 Å². The summed E-state index contributed by atoms with van der Waals surface area (Å²) < 4.78 is 70.6. The molecule has 3 aromatic rings. The first-order valence-electron chi connectivity index (χ1n) is 11.3. The highest BCUT2D eigenvalue weighted by atomic mass is 32.2. The molecule has 0 radical (unpaired) electrons. The van der Waals surface area contributed by atoms with E-state index < -0.39 is 27.8 Å². The van der Waals surface area contributed by atoms with Gasteiger partial charge in [0.2, 0.25) is 10.0 Å². The second-order valence-electron chi connectivity index (χ2n) is 8.76. The summed E-state index contributed by atoms with van der Waals surface area (Å²) in [5.41, 5.74) is -0.436. The molecular formula is C21H24F3N7O3S. The fraction of sp³-hybridized carbons (Fsp3) is 0.524. The maximum absolute atomic E-state index is 13.6. The van der Waals surface area contributed by atoms with Crippen molar-refractivity contribution in [2.24, 2.45) is 0 Å². The third kappa shape index (κ3) is 4.18. The van der Waals surface area contributed by atoms with E-state index in [0.29, 0.717) is 22.4 Å². The van der Waals surface area contributed by atoms with E-state index in [1.165, 1.54) is 15.4 Å². The molecule has 0 spiro atoms. The number of alkyl halides is 3. The van der Waals surface area contributed by atoms with Crippen molar-refractivity contribution in [2.45, 2.75) is 50.2 Å². The van der Waals surface area contributed by atoms with Crippen molar-refractivity contribution in [2.75, 3.05) is 26.2 Å². The first kappa shape index (κ1) is 23.7. The monoisotopic (exact) mass is 511 g/mol. The largest absolute Gasteiger partial charge is 0.433 e. The van der Waals surface area contributed by atoms with Crippen molar-refractivity contribution in [1.29, 1.82) is 0 Å². The third-order valence-electron chi connectivity index (χ3n) is 6.38. The molecule has 1 saturated carbocycles. The molecule has 5 rings (SSSR count). The minimum atomic E-state index is -4.65. The minimum Gasteiger partial charge on any atom is -0.336 e. The lowest BCUT2D eigenvalue weighted by Gasteiger charge is -2.33. The van der Waals surface area contributed by atoms with Crippen LogP contribution in [-0.4, -0.2) is 74.1 Å². The van der Waals surface area contributed by atoms with Gasteiger partial charge in [-0.15, -0.1) is 0 Å². The summed E-state index contributed by atoms with van der Waals surface area (Å²) in [6.45, 7) is 4.30. The Kier molecular flexibility index (Phi) is 5.62.